The van der Waals surface area contributed by atoms with Gasteiger partial charge in [0.2, 0.25) is 11.8 Å². The third kappa shape index (κ3) is 4.82. The summed E-state index contributed by atoms with van der Waals surface area (Å²) in [5.41, 5.74) is 4.61. The zero-order valence-corrected chi connectivity index (χ0v) is 23.0. The number of rotatable bonds is 7. The van der Waals surface area contributed by atoms with E-state index in [1.807, 2.05) is 36.4 Å². The van der Waals surface area contributed by atoms with Crippen molar-refractivity contribution < 1.29 is 23.9 Å². The van der Waals surface area contributed by atoms with E-state index in [0.717, 1.165) is 66.3 Å². The summed E-state index contributed by atoms with van der Waals surface area (Å²) in [5.74, 6) is 0.534. The molecule has 2 aromatic carbocycles. The number of ether oxygens (including phenoxy) is 2. The molecule has 3 aliphatic heterocycles. The van der Waals surface area contributed by atoms with Gasteiger partial charge in [-0.1, -0.05) is 12.1 Å². The minimum atomic E-state index is -0.641. The van der Waals surface area contributed by atoms with Crippen LogP contribution in [-0.4, -0.2) is 104 Å². The average Bonchev–Trinajstić information content (AvgIpc) is 3.29. The number of nitrogens with zero attached hydrogens (tertiary/aromatic N) is 4. The number of amides is 3. The summed E-state index contributed by atoms with van der Waals surface area (Å²) in [6, 6.07) is 13.0. The van der Waals surface area contributed by atoms with Crippen molar-refractivity contribution >= 4 is 28.6 Å². The third-order valence-corrected chi connectivity index (χ3v) is 8.23. The fourth-order valence-electron chi connectivity index (χ4n) is 6.08. The highest BCUT2D eigenvalue weighted by Gasteiger charge is 2.44. The van der Waals surface area contributed by atoms with Crippen LogP contribution in [-0.2, 0) is 27.3 Å². The standard InChI is InChI=1S/C30H35N5O5/c1-31-29(37)21-5-3-20(4-6-21)18-35-24-8-7-22(40-16-13-33-11-14-39-15-12-33)17-23(24)27-25(35)9-10-34-26(36)19-32(2)30(38)28(27)34/h3-8,17,28H,9-16,18-19H2,1-2H3,(H,31,37). The van der Waals surface area contributed by atoms with Gasteiger partial charge in [-0.05, 0) is 35.9 Å². The molecule has 0 spiro atoms. The largest absolute Gasteiger partial charge is 0.492 e. The van der Waals surface area contributed by atoms with Crippen LogP contribution in [0.25, 0.3) is 10.9 Å². The maximum atomic E-state index is 13.5. The Morgan fingerprint density at radius 2 is 1.85 bits per heavy atom. The maximum Gasteiger partial charge on any atom is 0.251 e. The van der Waals surface area contributed by atoms with Crippen molar-refractivity contribution in [2.45, 2.75) is 19.0 Å². The number of hydrogen-bond donors (Lipinski definition) is 1. The molecule has 2 fully saturated rings. The summed E-state index contributed by atoms with van der Waals surface area (Å²) < 4.78 is 13.9. The molecule has 10 heteroatoms. The molecule has 0 saturated carbocycles. The Balaban J connectivity index is 1.36. The highest BCUT2D eigenvalue weighted by atomic mass is 16.5. The summed E-state index contributed by atoms with van der Waals surface area (Å²) in [6.45, 7) is 5.89. The van der Waals surface area contributed by atoms with Gasteiger partial charge in [0, 0.05) is 81.0 Å². The van der Waals surface area contributed by atoms with E-state index in [4.69, 9.17) is 9.47 Å². The fourth-order valence-corrected chi connectivity index (χ4v) is 6.08. The first-order valence-electron chi connectivity index (χ1n) is 13.9. The Hall–Kier alpha value is -3.89. The Morgan fingerprint density at radius 1 is 1.07 bits per heavy atom. The number of morpholine rings is 1. The molecule has 2 saturated heterocycles. The van der Waals surface area contributed by atoms with E-state index in [9.17, 15) is 14.4 Å². The molecule has 1 unspecified atom stereocenters. The molecule has 40 heavy (non-hydrogen) atoms. The summed E-state index contributed by atoms with van der Waals surface area (Å²) in [7, 11) is 3.31. The molecule has 3 aliphatic rings. The maximum absolute atomic E-state index is 13.5. The van der Waals surface area contributed by atoms with E-state index >= 15 is 0 Å². The van der Waals surface area contributed by atoms with Crippen LogP contribution in [0.15, 0.2) is 42.5 Å². The van der Waals surface area contributed by atoms with Crippen LogP contribution in [0.5, 0.6) is 5.75 Å². The van der Waals surface area contributed by atoms with Crippen molar-refractivity contribution in [3.8, 4) is 5.75 Å². The fraction of sp³-hybridized carbons (Fsp3) is 0.433. The number of hydrogen-bond acceptors (Lipinski definition) is 6. The van der Waals surface area contributed by atoms with Gasteiger partial charge in [-0.3, -0.25) is 19.3 Å². The first-order chi connectivity index (χ1) is 19.4. The van der Waals surface area contributed by atoms with Gasteiger partial charge in [-0.2, -0.15) is 0 Å². The first kappa shape index (κ1) is 26.3. The number of carbonyl (C=O) groups is 3. The molecular formula is C30H35N5O5. The Labute approximate surface area is 233 Å². The highest BCUT2D eigenvalue weighted by Crippen LogP contribution is 2.41. The lowest BCUT2D eigenvalue weighted by molar-refractivity contribution is -0.155. The SMILES string of the molecule is CNC(=O)c1ccc(Cn2c3c(c4cc(OCCN5CCOCC5)ccc42)C2C(=O)N(C)CC(=O)N2CC3)cc1. The number of carbonyl (C=O) groups excluding carboxylic acids is 3. The van der Waals surface area contributed by atoms with Crippen molar-refractivity contribution in [2.24, 2.45) is 0 Å². The van der Waals surface area contributed by atoms with Crippen molar-refractivity contribution in [3.05, 3.63) is 64.8 Å². The molecule has 3 amide bonds. The number of nitrogens with one attached hydrogen (secondary N) is 1. The van der Waals surface area contributed by atoms with Crippen LogP contribution in [0.1, 0.15) is 33.2 Å². The smallest absolute Gasteiger partial charge is 0.251 e. The molecule has 3 aromatic rings. The number of aromatic nitrogens is 1. The van der Waals surface area contributed by atoms with E-state index in [2.05, 4.69) is 20.9 Å². The Kier molecular flexibility index (Phi) is 7.20. The van der Waals surface area contributed by atoms with Crippen molar-refractivity contribution in [3.63, 3.8) is 0 Å². The molecule has 1 aromatic heterocycles. The first-order valence-corrected chi connectivity index (χ1v) is 13.9. The highest BCUT2D eigenvalue weighted by molar-refractivity contribution is 6.00. The second-order valence-corrected chi connectivity index (χ2v) is 10.6. The number of piperazine rings is 1. The number of fused-ring (bicyclic) bond motifs is 5. The topological polar surface area (TPSA) is 96.4 Å². The predicted molar refractivity (Wildman–Crippen MR) is 149 cm³/mol. The second kappa shape index (κ2) is 10.9. The van der Waals surface area contributed by atoms with Crippen LogP contribution in [0.4, 0.5) is 0 Å². The van der Waals surface area contributed by atoms with Gasteiger partial charge in [0.05, 0.1) is 19.8 Å². The van der Waals surface area contributed by atoms with E-state index < -0.39 is 6.04 Å². The summed E-state index contributed by atoms with van der Waals surface area (Å²) in [4.78, 5) is 44.0. The third-order valence-electron chi connectivity index (χ3n) is 8.23. The van der Waals surface area contributed by atoms with Gasteiger partial charge in [-0.15, -0.1) is 0 Å². The van der Waals surface area contributed by atoms with Crippen molar-refractivity contribution in [1.29, 1.82) is 0 Å². The lowest BCUT2D eigenvalue weighted by Crippen LogP contribution is -2.56. The van der Waals surface area contributed by atoms with E-state index in [1.54, 1.807) is 19.0 Å². The Bertz CT molecular complexity index is 1440. The van der Waals surface area contributed by atoms with Gasteiger partial charge < -0.3 is 29.2 Å². The van der Waals surface area contributed by atoms with E-state index in [1.165, 1.54) is 4.90 Å². The minimum absolute atomic E-state index is 0.0265. The van der Waals surface area contributed by atoms with E-state index in [0.29, 0.717) is 31.7 Å². The van der Waals surface area contributed by atoms with E-state index in [-0.39, 0.29) is 24.3 Å². The number of likely N-dealkylation sites (N-methyl/N-ethyl adjacent to an activating group) is 1. The van der Waals surface area contributed by atoms with Crippen molar-refractivity contribution in [1.82, 2.24) is 24.6 Å². The number of benzene rings is 2. The molecule has 4 heterocycles. The van der Waals surface area contributed by atoms with Gasteiger partial charge in [-0.25, -0.2) is 0 Å². The molecule has 0 aliphatic carbocycles. The van der Waals surface area contributed by atoms with Crippen LogP contribution < -0.4 is 10.1 Å². The zero-order valence-electron chi connectivity index (χ0n) is 23.0. The normalized spacial score (nSPS) is 19.5. The molecule has 1 N–H and O–H groups in total. The molecule has 0 bridgehead atoms. The van der Waals surface area contributed by atoms with Gasteiger partial charge in [0.1, 0.15) is 18.4 Å². The summed E-state index contributed by atoms with van der Waals surface area (Å²) in [5, 5.41) is 3.59. The van der Waals surface area contributed by atoms with Gasteiger partial charge in [0.25, 0.3) is 5.91 Å². The lowest BCUT2D eigenvalue weighted by atomic mass is 9.92. The molecule has 6 rings (SSSR count). The van der Waals surface area contributed by atoms with Crippen LogP contribution >= 0.6 is 0 Å². The quantitative estimate of drug-likeness (QED) is 0.485. The van der Waals surface area contributed by atoms with Crippen LogP contribution in [0, 0.1) is 0 Å². The summed E-state index contributed by atoms with van der Waals surface area (Å²) >= 11 is 0. The predicted octanol–water partition coefficient (Wildman–Crippen LogP) is 1.66. The minimum Gasteiger partial charge on any atom is -0.492 e. The van der Waals surface area contributed by atoms with Crippen LogP contribution in [0.2, 0.25) is 0 Å². The molecule has 10 nitrogen and oxygen atoms in total. The second-order valence-electron chi connectivity index (χ2n) is 10.6. The lowest BCUT2D eigenvalue weighted by Gasteiger charge is -2.42. The monoisotopic (exact) mass is 545 g/mol. The molecule has 210 valence electrons. The molecular weight excluding hydrogens is 510 g/mol. The van der Waals surface area contributed by atoms with Gasteiger partial charge in [0.15, 0.2) is 0 Å². The molecule has 1 atom stereocenters. The zero-order chi connectivity index (χ0) is 27.8. The Morgan fingerprint density at radius 3 is 2.60 bits per heavy atom. The van der Waals surface area contributed by atoms with Crippen molar-refractivity contribution in [2.75, 3.05) is 66.6 Å². The average molecular weight is 546 g/mol. The summed E-state index contributed by atoms with van der Waals surface area (Å²) in [6.07, 6.45) is 0.660. The van der Waals surface area contributed by atoms with Crippen LogP contribution in [0.3, 0.4) is 0 Å². The van der Waals surface area contributed by atoms with Gasteiger partial charge >= 0.3 is 0 Å². The molecule has 0 radical (unpaired) electrons.